The lowest BCUT2D eigenvalue weighted by Crippen LogP contribution is -2.27. The lowest BCUT2D eigenvalue weighted by Gasteiger charge is -2.22. The van der Waals surface area contributed by atoms with Gasteiger partial charge in [0.2, 0.25) is 5.91 Å². The minimum atomic E-state index is -0.770. The minimum Gasteiger partial charge on any atom is -0.388 e. The molecule has 1 N–H and O–H groups in total. The first kappa shape index (κ1) is 13.8. The van der Waals surface area contributed by atoms with Crippen LogP contribution < -0.4 is 0 Å². The first-order chi connectivity index (χ1) is 10.2. The topological polar surface area (TPSA) is 40.5 Å². The number of nitrogens with zero attached hydrogens (tertiary/aromatic N) is 1. The number of carbonyl (C=O) groups excluding carboxylic acids is 1. The molecule has 0 bridgehead atoms. The summed E-state index contributed by atoms with van der Waals surface area (Å²) < 4.78 is 0. The molecule has 1 heterocycles. The quantitative estimate of drug-likeness (QED) is 0.939. The van der Waals surface area contributed by atoms with E-state index in [9.17, 15) is 9.90 Å². The highest BCUT2D eigenvalue weighted by molar-refractivity contribution is 5.83. The number of likely N-dealkylation sites (tertiary alicyclic amines) is 1. The summed E-state index contributed by atoms with van der Waals surface area (Å²) in [5.74, 6) is -0.376. The average molecular weight is 281 g/mol. The molecule has 1 aliphatic heterocycles. The summed E-state index contributed by atoms with van der Waals surface area (Å²) in [6, 6.07) is 19.4. The Bertz CT molecular complexity index is 612. The molecular formula is C18H19NO2. The van der Waals surface area contributed by atoms with Gasteiger partial charge in [-0.25, -0.2) is 0 Å². The van der Waals surface area contributed by atoms with Gasteiger partial charge in [0, 0.05) is 19.5 Å². The van der Waals surface area contributed by atoms with Crippen LogP contribution >= 0.6 is 0 Å². The highest BCUT2D eigenvalue weighted by Crippen LogP contribution is 2.40. The van der Waals surface area contributed by atoms with Gasteiger partial charge in [0.05, 0.1) is 12.0 Å². The fourth-order valence-electron chi connectivity index (χ4n) is 3.15. The Morgan fingerprint density at radius 1 is 1.05 bits per heavy atom. The number of benzene rings is 2. The lowest BCUT2D eigenvalue weighted by molar-refractivity contribution is -0.133. The van der Waals surface area contributed by atoms with E-state index < -0.39 is 12.0 Å². The van der Waals surface area contributed by atoms with Crippen LogP contribution in [0.1, 0.15) is 23.1 Å². The molecule has 2 aromatic rings. The molecule has 3 atom stereocenters. The smallest absolute Gasteiger partial charge is 0.229 e. The minimum absolute atomic E-state index is 0.0141. The second-order valence-electron chi connectivity index (χ2n) is 5.62. The number of likely N-dealkylation sites (N-methyl/N-ethyl adjacent to an activating group) is 1. The van der Waals surface area contributed by atoms with Gasteiger partial charge in [-0.05, 0) is 11.1 Å². The summed E-state index contributed by atoms with van der Waals surface area (Å²) in [5, 5.41) is 10.7. The summed E-state index contributed by atoms with van der Waals surface area (Å²) in [6.45, 7) is 0.650. The fourth-order valence-corrected chi connectivity index (χ4v) is 3.15. The van der Waals surface area contributed by atoms with Crippen molar-refractivity contribution in [3.63, 3.8) is 0 Å². The molecule has 21 heavy (non-hydrogen) atoms. The lowest BCUT2D eigenvalue weighted by atomic mass is 9.82. The first-order valence-electron chi connectivity index (χ1n) is 7.21. The van der Waals surface area contributed by atoms with Crippen LogP contribution in [0.4, 0.5) is 0 Å². The highest BCUT2D eigenvalue weighted by Gasteiger charge is 2.43. The zero-order valence-corrected chi connectivity index (χ0v) is 12.0. The molecule has 0 aromatic heterocycles. The van der Waals surface area contributed by atoms with Crippen LogP contribution in [0.2, 0.25) is 0 Å². The molecule has 3 rings (SSSR count). The molecule has 3 heteroatoms. The van der Waals surface area contributed by atoms with E-state index in [1.165, 1.54) is 0 Å². The van der Waals surface area contributed by atoms with Crippen LogP contribution in [-0.4, -0.2) is 29.5 Å². The summed E-state index contributed by atoms with van der Waals surface area (Å²) in [7, 11) is 1.80. The van der Waals surface area contributed by atoms with Gasteiger partial charge in [0.1, 0.15) is 0 Å². The zero-order chi connectivity index (χ0) is 14.8. The van der Waals surface area contributed by atoms with Crippen molar-refractivity contribution in [3.05, 3.63) is 71.8 Å². The van der Waals surface area contributed by atoms with Crippen molar-refractivity contribution in [2.75, 3.05) is 13.6 Å². The third-order valence-corrected chi connectivity index (χ3v) is 4.27. The second kappa shape index (κ2) is 5.70. The molecule has 1 amide bonds. The maximum absolute atomic E-state index is 12.5. The third kappa shape index (κ3) is 2.57. The molecule has 0 spiro atoms. The summed E-state index contributed by atoms with van der Waals surface area (Å²) in [5.41, 5.74) is 1.90. The largest absolute Gasteiger partial charge is 0.388 e. The van der Waals surface area contributed by atoms with E-state index in [1.54, 1.807) is 11.9 Å². The van der Waals surface area contributed by atoms with Crippen LogP contribution in [0.5, 0.6) is 0 Å². The molecule has 3 unspecified atom stereocenters. The highest BCUT2D eigenvalue weighted by atomic mass is 16.3. The van der Waals surface area contributed by atoms with Gasteiger partial charge >= 0.3 is 0 Å². The van der Waals surface area contributed by atoms with Crippen molar-refractivity contribution >= 4 is 5.91 Å². The van der Waals surface area contributed by atoms with E-state index in [2.05, 4.69) is 0 Å². The number of aliphatic hydroxyl groups is 1. The van der Waals surface area contributed by atoms with E-state index in [1.807, 2.05) is 60.7 Å². The zero-order valence-electron chi connectivity index (χ0n) is 12.0. The number of hydrogen-bond acceptors (Lipinski definition) is 2. The van der Waals surface area contributed by atoms with E-state index in [-0.39, 0.29) is 11.8 Å². The fraction of sp³-hybridized carbons (Fsp3) is 0.278. The Morgan fingerprint density at radius 2 is 1.62 bits per heavy atom. The molecule has 108 valence electrons. The van der Waals surface area contributed by atoms with E-state index >= 15 is 0 Å². The molecular weight excluding hydrogens is 262 g/mol. The molecule has 3 nitrogen and oxygen atoms in total. The van der Waals surface area contributed by atoms with Crippen LogP contribution in [-0.2, 0) is 4.79 Å². The van der Waals surface area contributed by atoms with Crippen LogP contribution in [0.15, 0.2) is 60.7 Å². The standard InChI is InChI=1S/C18H19NO2/c1-19-12-15(13-8-4-2-5-9-13)16(18(19)21)17(20)14-10-6-3-7-11-14/h2-11,15-17,20H,12H2,1H3. The number of hydrogen-bond donors (Lipinski definition) is 1. The van der Waals surface area contributed by atoms with Gasteiger partial charge in [-0.3, -0.25) is 4.79 Å². The molecule has 1 aliphatic rings. The number of rotatable bonds is 3. The van der Waals surface area contributed by atoms with Crippen molar-refractivity contribution in [1.82, 2.24) is 4.90 Å². The summed E-state index contributed by atoms with van der Waals surface area (Å²) in [4.78, 5) is 14.2. The summed E-state index contributed by atoms with van der Waals surface area (Å²) in [6.07, 6.45) is -0.770. The van der Waals surface area contributed by atoms with Gasteiger partial charge in [0.15, 0.2) is 0 Å². The maximum atomic E-state index is 12.5. The Labute approximate surface area is 124 Å². The maximum Gasteiger partial charge on any atom is 0.229 e. The van der Waals surface area contributed by atoms with Crippen molar-refractivity contribution in [2.24, 2.45) is 5.92 Å². The number of aliphatic hydroxyl groups excluding tert-OH is 1. The SMILES string of the molecule is CN1CC(c2ccccc2)C(C(O)c2ccccc2)C1=O. The predicted octanol–water partition coefficient (Wildman–Crippen LogP) is 2.59. The Balaban J connectivity index is 1.95. The molecule has 1 saturated heterocycles. The predicted molar refractivity (Wildman–Crippen MR) is 81.7 cm³/mol. The molecule has 0 aliphatic carbocycles. The Morgan fingerprint density at radius 3 is 2.24 bits per heavy atom. The average Bonchev–Trinajstić information content (AvgIpc) is 2.84. The van der Waals surface area contributed by atoms with Crippen LogP contribution in [0.25, 0.3) is 0 Å². The second-order valence-corrected chi connectivity index (χ2v) is 5.62. The van der Waals surface area contributed by atoms with Gasteiger partial charge in [-0.1, -0.05) is 60.7 Å². The Hall–Kier alpha value is -2.13. The van der Waals surface area contributed by atoms with Crippen LogP contribution in [0.3, 0.4) is 0 Å². The summed E-state index contributed by atoms with van der Waals surface area (Å²) >= 11 is 0. The molecule has 2 aromatic carbocycles. The van der Waals surface area contributed by atoms with E-state index in [0.29, 0.717) is 6.54 Å². The third-order valence-electron chi connectivity index (χ3n) is 4.27. The molecule has 1 fully saturated rings. The van der Waals surface area contributed by atoms with Gasteiger partial charge < -0.3 is 10.0 Å². The molecule has 0 radical (unpaired) electrons. The van der Waals surface area contributed by atoms with Gasteiger partial charge in [0.25, 0.3) is 0 Å². The van der Waals surface area contributed by atoms with Gasteiger partial charge in [-0.15, -0.1) is 0 Å². The normalized spacial score (nSPS) is 23.3. The van der Waals surface area contributed by atoms with Crippen molar-refractivity contribution in [1.29, 1.82) is 0 Å². The van der Waals surface area contributed by atoms with Crippen molar-refractivity contribution in [2.45, 2.75) is 12.0 Å². The monoisotopic (exact) mass is 281 g/mol. The number of amides is 1. The Kier molecular flexibility index (Phi) is 3.76. The van der Waals surface area contributed by atoms with Crippen LogP contribution in [0, 0.1) is 5.92 Å². The first-order valence-corrected chi connectivity index (χ1v) is 7.21. The van der Waals surface area contributed by atoms with Crippen molar-refractivity contribution in [3.8, 4) is 0 Å². The number of carbonyl (C=O) groups is 1. The van der Waals surface area contributed by atoms with E-state index in [4.69, 9.17) is 0 Å². The van der Waals surface area contributed by atoms with Gasteiger partial charge in [-0.2, -0.15) is 0 Å². The molecule has 0 saturated carbocycles. The van der Waals surface area contributed by atoms with E-state index in [0.717, 1.165) is 11.1 Å². The van der Waals surface area contributed by atoms with Crippen molar-refractivity contribution < 1.29 is 9.90 Å².